The van der Waals surface area contributed by atoms with Gasteiger partial charge in [-0.1, -0.05) is 0 Å². The van der Waals surface area contributed by atoms with Crippen molar-refractivity contribution in [3.05, 3.63) is 23.9 Å². The van der Waals surface area contributed by atoms with Gasteiger partial charge in [-0.25, -0.2) is 19.6 Å². The number of pyridine rings is 1. The predicted molar refractivity (Wildman–Crippen MR) is 101 cm³/mol. The van der Waals surface area contributed by atoms with Crippen LogP contribution in [0, 0.1) is 0 Å². The van der Waals surface area contributed by atoms with Crippen molar-refractivity contribution in [1.29, 1.82) is 0 Å². The Morgan fingerprint density at radius 1 is 1.00 bits per heavy atom. The van der Waals surface area contributed by atoms with E-state index >= 15 is 0 Å². The number of aromatic nitrogens is 6. The highest BCUT2D eigenvalue weighted by molar-refractivity contribution is 5.87. The van der Waals surface area contributed by atoms with E-state index in [9.17, 15) is 0 Å². The monoisotopic (exact) mass is 364 g/mol. The molecule has 7 heteroatoms. The third kappa shape index (κ3) is 2.67. The number of nitrogens with one attached hydrogen (secondary N) is 1. The Bertz CT molecular complexity index is 978. The van der Waals surface area contributed by atoms with Crippen molar-refractivity contribution in [2.45, 2.75) is 62.8 Å². The van der Waals surface area contributed by atoms with E-state index in [2.05, 4.69) is 20.7 Å². The molecular formula is C20H24N6O. The second-order valence-electron chi connectivity index (χ2n) is 8.16. The summed E-state index contributed by atoms with van der Waals surface area (Å²) in [6, 6.07) is 2.55. The Morgan fingerprint density at radius 3 is 2.59 bits per heavy atom. The molecule has 4 heterocycles. The van der Waals surface area contributed by atoms with Crippen molar-refractivity contribution in [1.82, 2.24) is 29.7 Å². The summed E-state index contributed by atoms with van der Waals surface area (Å²) >= 11 is 0. The van der Waals surface area contributed by atoms with E-state index < -0.39 is 0 Å². The van der Waals surface area contributed by atoms with Gasteiger partial charge in [-0.05, 0) is 51.0 Å². The van der Waals surface area contributed by atoms with Crippen molar-refractivity contribution in [2.24, 2.45) is 0 Å². The Balaban J connectivity index is 1.46. The molecular weight excluding hydrogens is 340 g/mol. The average Bonchev–Trinajstić information content (AvgIpc) is 3.27. The summed E-state index contributed by atoms with van der Waals surface area (Å²) in [5, 5.41) is 4.91. The number of fused-ring (bicyclic) bond motifs is 1. The van der Waals surface area contributed by atoms with Crippen molar-refractivity contribution < 1.29 is 4.74 Å². The number of rotatable bonds is 4. The second kappa shape index (κ2) is 6.12. The quantitative estimate of drug-likeness (QED) is 0.763. The molecule has 0 bridgehead atoms. The molecule has 3 aliphatic rings. The van der Waals surface area contributed by atoms with Crippen LogP contribution in [-0.4, -0.2) is 42.9 Å². The maximum absolute atomic E-state index is 5.50. The Kier molecular flexibility index (Phi) is 3.57. The Hall–Kier alpha value is -2.28. The van der Waals surface area contributed by atoms with Gasteiger partial charge in [0.25, 0.3) is 0 Å². The third-order valence-electron chi connectivity index (χ3n) is 6.27. The van der Waals surface area contributed by atoms with E-state index in [0.717, 1.165) is 60.3 Å². The maximum atomic E-state index is 5.50. The molecule has 3 fully saturated rings. The normalized spacial score (nSPS) is 21.6. The molecule has 0 radical (unpaired) electrons. The number of hydrogen-bond donors (Lipinski definition) is 1. The lowest BCUT2D eigenvalue weighted by Crippen LogP contribution is -2.19. The first-order chi connectivity index (χ1) is 13.4. The van der Waals surface area contributed by atoms with E-state index in [4.69, 9.17) is 19.8 Å². The minimum Gasteiger partial charge on any atom is -0.381 e. The van der Waals surface area contributed by atoms with E-state index in [1.165, 1.54) is 32.1 Å². The largest absolute Gasteiger partial charge is 0.381 e. The van der Waals surface area contributed by atoms with Crippen LogP contribution in [0.3, 0.4) is 0 Å². The summed E-state index contributed by atoms with van der Waals surface area (Å²) in [4.78, 5) is 17.9. The summed E-state index contributed by atoms with van der Waals surface area (Å²) in [6.07, 6.45) is 10.00. The highest BCUT2D eigenvalue weighted by atomic mass is 16.5. The van der Waals surface area contributed by atoms with Gasteiger partial charge in [-0.2, -0.15) is 5.10 Å². The molecule has 27 heavy (non-hydrogen) atoms. The third-order valence-corrected chi connectivity index (χ3v) is 6.27. The predicted octanol–water partition coefficient (Wildman–Crippen LogP) is 3.71. The van der Waals surface area contributed by atoms with Gasteiger partial charge in [-0.15, -0.1) is 0 Å². The van der Waals surface area contributed by atoms with Crippen molar-refractivity contribution in [3.63, 3.8) is 0 Å². The van der Waals surface area contributed by atoms with E-state index in [1.54, 1.807) is 0 Å². The van der Waals surface area contributed by atoms with Crippen LogP contribution >= 0.6 is 0 Å². The number of ether oxygens (including phenoxy) is 1. The van der Waals surface area contributed by atoms with Crippen LogP contribution in [0.4, 0.5) is 0 Å². The first kappa shape index (κ1) is 15.7. The summed E-state index contributed by atoms with van der Waals surface area (Å²) in [5.41, 5.74) is 2.86. The number of nitrogens with zero attached hydrogens (tertiary/aromatic N) is 5. The lowest BCUT2D eigenvalue weighted by atomic mass is 9.93. The molecule has 7 nitrogen and oxygen atoms in total. The molecule has 0 unspecified atom stereocenters. The van der Waals surface area contributed by atoms with Gasteiger partial charge in [-0.3, -0.25) is 0 Å². The SMILES string of the molecule is c1cc(-c2nc(C3CC3)nn2C2CCC2)c2[nH]c(C3CCOCC3)nc2n1. The van der Waals surface area contributed by atoms with Gasteiger partial charge in [0.05, 0.1) is 11.6 Å². The van der Waals surface area contributed by atoms with Crippen LogP contribution in [0.25, 0.3) is 22.6 Å². The minimum atomic E-state index is 0.423. The molecule has 0 aromatic carbocycles. The van der Waals surface area contributed by atoms with Gasteiger partial charge in [0.15, 0.2) is 17.3 Å². The minimum absolute atomic E-state index is 0.423. The van der Waals surface area contributed by atoms with Gasteiger partial charge in [0.1, 0.15) is 5.82 Å². The smallest absolute Gasteiger partial charge is 0.178 e. The van der Waals surface area contributed by atoms with Crippen LogP contribution in [0.5, 0.6) is 0 Å². The van der Waals surface area contributed by atoms with Gasteiger partial charge < -0.3 is 9.72 Å². The summed E-state index contributed by atoms with van der Waals surface area (Å²) in [6.45, 7) is 1.62. The highest BCUT2D eigenvalue weighted by Gasteiger charge is 2.33. The number of imidazole rings is 1. The zero-order chi connectivity index (χ0) is 17.8. The molecule has 0 amide bonds. The summed E-state index contributed by atoms with van der Waals surface area (Å²) in [5.74, 6) is 4.02. The fraction of sp³-hybridized carbons (Fsp3) is 0.600. The lowest BCUT2D eigenvalue weighted by molar-refractivity contribution is 0.0838. The second-order valence-corrected chi connectivity index (χ2v) is 8.16. The molecule has 0 spiro atoms. The Morgan fingerprint density at radius 2 is 1.85 bits per heavy atom. The number of aromatic amines is 1. The van der Waals surface area contributed by atoms with E-state index in [-0.39, 0.29) is 0 Å². The fourth-order valence-corrected chi connectivity index (χ4v) is 4.20. The molecule has 1 saturated heterocycles. The molecule has 1 aliphatic heterocycles. The van der Waals surface area contributed by atoms with Crippen LogP contribution in [0.2, 0.25) is 0 Å². The van der Waals surface area contributed by atoms with Crippen LogP contribution < -0.4 is 0 Å². The zero-order valence-corrected chi connectivity index (χ0v) is 15.4. The molecule has 2 saturated carbocycles. The molecule has 3 aromatic rings. The van der Waals surface area contributed by atoms with Gasteiger partial charge in [0.2, 0.25) is 0 Å². The topological polar surface area (TPSA) is 81.5 Å². The first-order valence-electron chi connectivity index (χ1n) is 10.3. The molecule has 140 valence electrons. The van der Waals surface area contributed by atoms with Gasteiger partial charge >= 0.3 is 0 Å². The zero-order valence-electron chi connectivity index (χ0n) is 15.4. The molecule has 3 aromatic heterocycles. The molecule has 2 aliphatic carbocycles. The number of H-pyrrole nitrogens is 1. The molecule has 6 rings (SSSR count). The van der Waals surface area contributed by atoms with Crippen molar-refractivity contribution in [2.75, 3.05) is 13.2 Å². The standard InChI is InChI=1S/C20H24N6O/c1-2-14(3-1)26-20(24-18(25-26)12-4-5-12)15-6-9-21-19-16(15)22-17(23-19)13-7-10-27-11-8-13/h6,9,12-14H,1-5,7-8,10-11H2,(H,21,22,23). The summed E-state index contributed by atoms with van der Waals surface area (Å²) in [7, 11) is 0. The van der Waals surface area contributed by atoms with Crippen molar-refractivity contribution in [3.8, 4) is 11.4 Å². The average molecular weight is 364 g/mol. The molecule has 1 N–H and O–H groups in total. The van der Waals surface area contributed by atoms with Crippen LogP contribution in [-0.2, 0) is 4.74 Å². The summed E-state index contributed by atoms with van der Waals surface area (Å²) < 4.78 is 7.68. The van der Waals surface area contributed by atoms with Crippen molar-refractivity contribution >= 4 is 11.2 Å². The fourth-order valence-electron chi connectivity index (χ4n) is 4.20. The van der Waals surface area contributed by atoms with Crippen LogP contribution in [0.1, 0.15) is 74.5 Å². The Labute approximate surface area is 157 Å². The molecule has 0 atom stereocenters. The van der Waals surface area contributed by atoms with Gasteiger partial charge in [0, 0.05) is 36.8 Å². The number of hydrogen-bond acceptors (Lipinski definition) is 5. The lowest BCUT2D eigenvalue weighted by Gasteiger charge is -2.26. The van der Waals surface area contributed by atoms with E-state index in [1.807, 2.05) is 6.20 Å². The first-order valence-corrected chi connectivity index (χ1v) is 10.3. The van der Waals surface area contributed by atoms with Crippen LogP contribution in [0.15, 0.2) is 12.3 Å². The van der Waals surface area contributed by atoms with E-state index in [0.29, 0.717) is 17.9 Å². The maximum Gasteiger partial charge on any atom is 0.178 e. The highest BCUT2D eigenvalue weighted by Crippen LogP contribution is 2.42.